The predicted octanol–water partition coefficient (Wildman–Crippen LogP) is 4.93. The quantitative estimate of drug-likeness (QED) is 0.504. The number of amides is 1. The van der Waals surface area contributed by atoms with Crippen LogP contribution in [0, 0.1) is 6.92 Å². The van der Waals surface area contributed by atoms with E-state index in [2.05, 4.69) is 30.1 Å². The Morgan fingerprint density at radius 1 is 1.00 bits per heavy atom. The first-order valence-corrected chi connectivity index (χ1v) is 9.65. The van der Waals surface area contributed by atoms with Crippen LogP contribution in [0.1, 0.15) is 27.9 Å². The lowest BCUT2D eigenvalue weighted by Crippen LogP contribution is -2.35. The number of imidazole rings is 1. The maximum atomic E-state index is 13.3. The number of para-hydroxylation sites is 1. The van der Waals surface area contributed by atoms with Crippen LogP contribution < -0.4 is 4.90 Å². The van der Waals surface area contributed by atoms with Crippen molar-refractivity contribution in [1.82, 2.24) is 9.55 Å². The van der Waals surface area contributed by atoms with Gasteiger partial charge in [-0.05, 0) is 61.7 Å². The Balaban J connectivity index is 1.52. The molecule has 3 aromatic carbocycles. The standard InChI is InChI=1S/C24H21N3O/c1-17-9-11-22-18(14-17)6-5-13-26(22)24(28)19-10-12-23-21(15-19)25-16-27(23)20-7-3-2-4-8-20/h2-4,7-12,14-16H,5-6,13H2,1H3. The first-order chi connectivity index (χ1) is 13.7. The summed E-state index contributed by atoms with van der Waals surface area (Å²) in [4.78, 5) is 19.7. The van der Waals surface area contributed by atoms with Crippen molar-refractivity contribution >= 4 is 22.6 Å². The van der Waals surface area contributed by atoms with Crippen molar-refractivity contribution in [2.75, 3.05) is 11.4 Å². The number of carbonyl (C=O) groups excluding carboxylic acids is 1. The molecule has 1 aliphatic rings. The number of rotatable bonds is 2. The van der Waals surface area contributed by atoms with E-state index in [1.807, 2.05) is 64.3 Å². The number of hydrogen-bond donors (Lipinski definition) is 0. The van der Waals surface area contributed by atoms with Gasteiger partial charge in [0.15, 0.2) is 0 Å². The van der Waals surface area contributed by atoms with Crippen molar-refractivity contribution in [3.63, 3.8) is 0 Å². The minimum Gasteiger partial charge on any atom is -0.308 e. The Bertz CT molecular complexity index is 1180. The van der Waals surface area contributed by atoms with E-state index in [0.29, 0.717) is 5.56 Å². The van der Waals surface area contributed by atoms with Crippen molar-refractivity contribution in [1.29, 1.82) is 0 Å². The Morgan fingerprint density at radius 2 is 1.86 bits per heavy atom. The Labute approximate surface area is 164 Å². The number of aryl methyl sites for hydroxylation is 2. The molecule has 4 heteroatoms. The highest BCUT2D eigenvalue weighted by Gasteiger charge is 2.24. The number of carbonyl (C=O) groups is 1. The molecule has 4 aromatic rings. The summed E-state index contributed by atoms with van der Waals surface area (Å²) in [6, 6.07) is 22.3. The topological polar surface area (TPSA) is 38.1 Å². The van der Waals surface area contributed by atoms with Crippen LogP contribution in [0.15, 0.2) is 73.1 Å². The molecule has 0 saturated heterocycles. The number of nitrogens with zero attached hydrogens (tertiary/aromatic N) is 3. The molecule has 0 bridgehead atoms. The zero-order chi connectivity index (χ0) is 19.1. The fourth-order valence-electron chi connectivity index (χ4n) is 4.03. The lowest BCUT2D eigenvalue weighted by Gasteiger charge is -2.30. The third kappa shape index (κ3) is 2.78. The van der Waals surface area contributed by atoms with Gasteiger partial charge in [-0.1, -0.05) is 35.9 Å². The first kappa shape index (κ1) is 16.8. The van der Waals surface area contributed by atoms with Gasteiger partial charge in [-0.25, -0.2) is 4.98 Å². The minimum absolute atomic E-state index is 0.0426. The van der Waals surface area contributed by atoms with Crippen LogP contribution in [0.2, 0.25) is 0 Å². The SMILES string of the molecule is Cc1ccc2c(c1)CCCN2C(=O)c1ccc2c(c1)ncn2-c1ccccc1. The second-order valence-electron chi connectivity index (χ2n) is 7.35. The lowest BCUT2D eigenvalue weighted by molar-refractivity contribution is 0.0985. The Hall–Kier alpha value is -3.40. The van der Waals surface area contributed by atoms with Crippen LogP contribution in [-0.4, -0.2) is 22.0 Å². The number of fused-ring (bicyclic) bond motifs is 2. The van der Waals surface area contributed by atoms with Crippen molar-refractivity contribution in [2.24, 2.45) is 0 Å². The van der Waals surface area contributed by atoms with Crippen LogP contribution in [0.4, 0.5) is 5.69 Å². The fourth-order valence-corrected chi connectivity index (χ4v) is 4.03. The second kappa shape index (κ2) is 6.64. The molecule has 1 amide bonds. The summed E-state index contributed by atoms with van der Waals surface area (Å²) < 4.78 is 2.04. The molecular formula is C24H21N3O. The van der Waals surface area contributed by atoms with Crippen LogP contribution in [-0.2, 0) is 6.42 Å². The largest absolute Gasteiger partial charge is 0.308 e. The summed E-state index contributed by atoms with van der Waals surface area (Å²) in [5, 5.41) is 0. The summed E-state index contributed by atoms with van der Waals surface area (Å²) in [5.41, 5.74) is 7.10. The molecule has 0 N–H and O–H groups in total. The predicted molar refractivity (Wildman–Crippen MR) is 112 cm³/mol. The molecule has 4 nitrogen and oxygen atoms in total. The number of aromatic nitrogens is 2. The lowest BCUT2D eigenvalue weighted by atomic mass is 9.99. The average Bonchev–Trinajstić information content (AvgIpc) is 3.16. The van der Waals surface area contributed by atoms with Crippen LogP contribution in [0.25, 0.3) is 16.7 Å². The van der Waals surface area contributed by atoms with E-state index in [9.17, 15) is 4.79 Å². The van der Waals surface area contributed by atoms with Crippen molar-refractivity contribution in [3.05, 3.63) is 89.7 Å². The van der Waals surface area contributed by atoms with Crippen molar-refractivity contribution in [2.45, 2.75) is 19.8 Å². The van der Waals surface area contributed by atoms with Crippen molar-refractivity contribution in [3.8, 4) is 5.69 Å². The van der Waals surface area contributed by atoms with E-state index in [1.165, 1.54) is 11.1 Å². The second-order valence-corrected chi connectivity index (χ2v) is 7.35. The van der Waals surface area contributed by atoms with Gasteiger partial charge in [-0.3, -0.25) is 9.36 Å². The summed E-state index contributed by atoms with van der Waals surface area (Å²) in [6.45, 7) is 2.85. The molecule has 0 saturated carbocycles. The van der Waals surface area contributed by atoms with Gasteiger partial charge >= 0.3 is 0 Å². The molecule has 28 heavy (non-hydrogen) atoms. The zero-order valence-electron chi connectivity index (χ0n) is 15.8. The normalized spacial score (nSPS) is 13.5. The zero-order valence-corrected chi connectivity index (χ0v) is 15.8. The first-order valence-electron chi connectivity index (χ1n) is 9.65. The highest BCUT2D eigenvalue weighted by Crippen LogP contribution is 2.30. The van der Waals surface area contributed by atoms with Crippen LogP contribution >= 0.6 is 0 Å². The van der Waals surface area contributed by atoms with Gasteiger partial charge in [0.25, 0.3) is 5.91 Å². The van der Waals surface area contributed by atoms with E-state index in [4.69, 9.17) is 0 Å². The molecule has 0 spiro atoms. The number of benzene rings is 3. The summed E-state index contributed by atoms with van der Waals surface area (Å²) in [5.74, 6) is 0.0426. The Kier molecular flexibility index (Phi) is 3.97. The third-order valence-electron chi connectivity index (χ3n) is 5.43. The van der Waals surface area contributed by atoms with Gasteiger partial charge in [0.05, 0.1) is 11.0 Å². The van der Waals surface area contributed by atoms with Gasteiger partial charge in [-0.15, -0.1) is 0 Å². The highest BCUT2D eigenvalue weighted by molar-refractivity contribution is 6.08. The molecular weight excluding hydrogens is 346 g/mol. The maximum absolute atomic E-state index is 13.3. The summed E-state index contributed by atoms with van der Waals surface area (Å²) in [7, 11) is 0. The van der Waals surface area contributed by atoms with Crippen LogP contribution in [0.5, 0.6) is 0 Å². The van der Waals surface area contributed by atoms with E-state index < -0.39 is 0 Å². The highest BCUT2D eigenvalue weighted by atomic mass is 16.2. The summed E-state index contributed by atoms with van der Waals surface area (Å²) in [6.07, 6.45) is 3.83. The number of anilines is 1. The van der Waals surface area contributed by atoms with E-state index in [0.717, 1.165) is 41.8 Å². The number of hydrogen-bond acceptors (Lipinski definition) is 2. The van der Waals surface area contributed by atoms with Gasteiger partial charge in [-0.2, -0.15) is 0 Å². The molecule has 0 fully saturated rings. The molecule has 138 valence electrons. The molecule has 0 atom stereocenters. The molecule has 0 aliphatic carbocycles. The molecule has 1 aliphatic heterocycles. The molecule has 0 radical (unpaired) electrons. The Morgan fingerprint density at radius 3 is 2.71 bits per heavy atom. The fraction of sp³-hybridized carbons (Fsp3) is 0.167. The van der Waals surface area contributed by atoms with Gasteiger partial charge < -0.3 is 4.90 Å². The van der Waals surface area contributed by atoms with Crippen LogP contribution in [0.3, 0.4) is 0 Å². The minimum atomic E-state index is 0.0426. The smallest absolute Gasteiger partial charge is 0.258 e. The molecule has 0 unspecified atom stereocenters. The van der Waals surface area contributed by atoms with E-state index in [-0.39, 0.29) is 5.91 Å². The molecule has 5 rings (SSSR count). The van der Waals surface area contributed by atoms with E-state index >= 15 is 0 Å². The summed E-state index contributed by atoms with van der Waals surface area (Å²) >= 11 is 0. The monoisotopic (exact) mass is 367 g/mol. The van der Waals surface area contributed by atoms with Crippen molar-refractivity contribution < 1.29 is 4.79 Å². The van der Waals surface area contributed by atoms with Gasteiger partial charge in [0.1, 0.15) is 6.33 Å². The third-order valence-corrected chi connectivity index (χ3v) is 5.43. The average molecular weight is 367 g/mol. The van der Waals surface area contributed by atoms with Gasteiger partial charge in [0, 0.05) is 23.5 Å². The molecule has 1 aromatic heterocycles. The molecule has 2 heterocycles. The van der Waals surface area contributed by atoms with E-state index in [1.54, 1.807) is 0 Å². The maximum Gasteiger partial charge on any atom is 0.258 e. The van der Waals surface area contributed by atoms with Gasteiger partial charge in [0.2, 0.25) is 0 Å².